The van der Waals surface area contributed by atoms with Crippen molar-refractivity contribution >= 4 is 0 Å². The molecule has 1 aromatic rings. The van der Waals surface area contributed by atoms with E-state index in [-0.39, 0.29) is 0 Å². The van der Waals surface area contributed by atoms with Gasteiger partial charge in [-0.15, -0.1) is 0 Å². The predicted octanol–water partition coefficient (Wildman–Crippen LogP) is 4.12. The van der Waals surface area contributed by atoms with Crippen LogP contribution in [0.3, 0.4) is 0 Å². The third-order valence-corrected chi connectivity index (χ3v) is 4.85. The van der Waals surface area contributed by atoms with Crippen LogP contribution in [0.5, 0.6) is 5.75 Å². The Kier molecular flexibility index (Phi) is 5.90. The van der Waals surface area contributed by atoms with Crippen LogP contribution in [-0.4, -0.2) is 19.2 Å². The minimum absolute atomic E-state index is 0.482. The van der Waals surface area contributed by atoms with Gasteiger partial charge in [-0.1, -0.05) is 45.4 Å². The molecule has 2 heteroatoms. The van der Waals surface area contributed by atoms with E-state index in [0.717, 1.165) is 36.7 Å². The fourth-order valence-electron chi connectivity index (χ4n) is 3.28. The fourth-order valence-corrected chi connectivity index (χ4v) is 3.28. The lowest BCUT2D eigenvalue weighted by atomic mass is 9.73. The van der Waals surface area contributed by atoms with E-state index >= 15 is 0 Å². The molecule has 20 heavy (non-hydrogen) atoms. The molecule has 0 aromatic heterocycles. The Morgan fingerprint density at radius 2 is 1.90 bits per heavy atom. The zero-order valence-electron chi connectivity index (χ0n) is 13.1. The van der Waals surface area contributed by atoms with Gasteiger partial charge in [0.15, 0.2) is 0 Å². The molecule has 2 nitrogen and oxygen atoms in total. The smallest absolute Gasteiger partial charge is 0.119 e. The molecule has 2 rings (SSSR count). The maximum absolute atomic E-state index is 5.97. The average molecular weight is 275 g/mol. The number of nitrogens with one attached hydrogen (secondary N) is 1. The Bertz CT molecular complexity index is 378. The normalized spacial score (nSPS) is 28.1. The third kappa shape index (κ3) is 4.24. The number of para-hydroxylation sites is 1. The Balaban J connectivity index is 1.89. The number of rotatable bonds is 6. The van der Waals surface area contributed by atoms with Gasteiger partial charge in [-0.2, -0.15) is 0 Å². The predicted molar refractivity (Wildman–Crippen MR) is 85.1 cm³/mol. The van der Waals surface area contributed by atoms with Crippen molar-refractivity contribution in [2.45, 2.75) is 46.1 Å². The first-order valence-electron chi connectivity index (χ1n) is 8.12. The fraction of sp³-hybridized carbons (Fsp3) is 0.667. The van der Waals surface area contributed by atoms with Crippen LogP contribution in [0.15, 0.2) is 30.3 Å². The van der Waals surface area contributed by atoms with E-state index in [4.69, 9.17) is 4.74 Å². The lowest BCUT2D eigenvalue weighted by Gasteiger charge is -2.37. The van der Waals surface area contributed by atoms with E-state index in [1.165, 1.54) is 19.3 Å². The first kappa shape index (κ1) is 15.4. The van der Waals surface area contributed by atoms with E-state index in [1.54, 1.807) is 0 Å². The summed E-state index contributed by atoms with van der Waals surface area (Å²) in [5.41, 5.74) is 0. The first-order valence-corrected chi connectivity index (χ1v) is 8.12. The quantitative estimate of drug-likeness (QED) is 0.843. The second-order valence-electron chi connectivity index (χ2n) is 6.32. The zero-order valence-corrected chi connectivity index (χ0v) is 13.1. The molecule has 1 fully saturated rings. The summed E-state index contributed by atoms with van der Waals surface area (Å²) in [5, 5.41) is 3.63. The highest BCUT2D eigenvalue weighted by Gasteiger charge is 2.30. The highest BCUT2D eigenvalue weighted by atomic mass is 16.5. The maximum Gasteiger partial charge on any atom is 0.119 e. The van der Waals surface area contributed by atoms with Crippen LogP contribution in [0.25, 0.3) is 0 Å². The SMILES string of the molecule is CCNC(COc1ccccc1)C1CCC(C)C(C)C1. The number of ether oxygens (including phenoxy) is 1. The van der Waals surface area contributed by atoms with E-state index < -0.39 is 0 Å². The summed E-state index contributed by atoms with van der Waals surface area (Å²) in [5.74, 6) is 3.45. The summed E-state index contributed by atoms with van der Waals surface area (Å²) in [7, 11) is 0. The minimum Gasteiger partial charge on any atom is -0.492 e. The summed E-state index contributed by atoms with van der Waals surface area (Å²) in [6.45, 7) is 8.78. The molecule has 1 N–H and O–H groups in total. The van der Waals surface area contributed by atoms with Gasteiger partial charge in [-0.25, -0.2) is 0 Å². The molecule has 4 unspecified atom stereocenters. The summed E-state index contributed by atoms with van der Waals surface area (Å²) in [6, 6.07) is 10.6. The summed E-state index contributed by atoms with van der Waals surface area (Å²) in [6.07, 6.45) is 4.03. The molecular formula is C18H29NO. The van der Waals surface area contributed by atoms with Crippen molar-refractivity contribution in [1.82, 2.24) is 5.32 Å². The van der Waals surface area contributed by atoms with Crippen LogP contribution in [-0.2, 0) is 0 Å². The van der Waals surface area contributed by atoms with E-state index in [9.17, 15) is 0 Å². The van der Waals surface area contributed by atoms with Gasteiger partial charge in [-0.05, 0) is 49.3 Å². The molecule has 1 aromatic carbocycles. The molecule has 0 saturated heterocycles. The van der Waals surface area contributed by atoms with Gasteiger partial charge in [0.2, 0.25) is 0 Å². The van der Waals surface area contributed by atoms with Crippen molar-refractivity contribution in [3.63, 3.8) is 0 Å². The van der Waals surface area contributed by atoms with Crippen molar-refractivity contribution in [2.75, 3.05) is 13.2 Å². The van der Waals surface area contributed by atoms with Crippen LogP contribution in [0.2, 0.25) is 0 Å². The molecule has 1 saturated carbocycles. The zero-order chi connectivity index (χ0) is 14.4. The molecule has 1 aliphatic carbocycles. The lowest BCUT2D eigenvalue weighted by Crippen LogP contribution is -2.43. The van der Waals surface area contributed by atoms with Crippen LogP contribution in [0.1, 0.15) is 40.0 Å². The molecule has 0 spiro atoms. The van der Waals surface area contributed by atoms with Crippen molar-refractivity contribution in [3.8, 4) is 5.75 Å². The monoisotopic (exact) mass is 275 g/mol. The standard InChI is InChI=1S/C18H29NO/c1-4-19-18(13-20-17-8-6-5-7-9-17)16-11-10-14(2)15(3)12-16/h5-9,14-16,18-19H,4,10-13H2,1-3H3. The van der Waals surface area contributed by atoms with Gasteiger partial charge in [0, 0.05) is 6.04 Å². The second kappa shape index (κ2) is 7.68. The molecule has 4 atom stereocenters. The molecule has 112 valence electrons. The Hall–Kier alpha value is -1.02. The summed E-state index contributed by atoms with van der Waals surface area (Å²) >= 11 is 0. The van der Waals surface area contributed by atoms with Gasteiger partial charge in [0.25, 0.3) is 0 Å². The van der Waals surface area contributed by atoms with Gasteiger partial charge >= 0.3 is 0 Å². The van der Waals surface area contributed by atoms with Crippen LogP contribution in [0, 0.1) is 17.8 Å². The van der Waals surface area contributed by atoms with E-state index in [0.29, 0.717) is 6.04 Å². The summed E-state index contributed by atoms with van der Waals surface area (Å²) in [4.78, 5) is 0. The molecule has 0 aliphatic heterocycles. The van der Waals surface area contributed by atoms with Gasteiger partial charge < -0.3 is 10.1 Å². The number of hydrogen-bond donors (Lipinski definition) is 1. The van der Waals surface area contributed by atoms with Gasteiger partial charge in [0.1, 0.15) is 12.4 Å². The van der Waals surface area contributed by atoms with Crippen molar-refractivity contribution in [3.05, 3.63) is 30.3 Å². The Morgan fingerprint density at radius 3 is 2.55 bits per heavy atom. The first-order chi connectivity index (χ1) is 9.70. The Labute approximate surface area is 123 Å². The van der Waals surface area contributed by atoms with Crippen LogP contribution >= 0.6 is 0 Å². The summed E-state index contributed by atoms with van der Waals surface area (Å²) < 4.78 is 5.97. The second-order valence-corrected chi connectivity index (χ2v) is 6.32. The highest BCUT2D eigenvalue weighted by Crippen LogP contribution is 2.35. The highest BCUT2D eigenvalue weighted by molar-refractivity contribution is 5.20. The molecule has 0 bridgehead atoms. The number of benzene rings is 1. The lowest BCUT2D eigenvalue weighted by molar-refractivity contribution is 0.137. The van der Waals surface area contributed by atoms with Crippen molar-refractivity contribution < 1.29 is 4.74 Å². The third-order valence-electron chi connectivity index (χ3n) is 4.85. The molecular weight excluding hydrogens is 246 g/mol. The molecule has 0 heterocycles. The van der Waals surface area contributed by atoms with Crippen molar-refractivity contribution in [2.24, 2.45) is 17.8 Å². The molecule has 1 aliphatic rings. The Morgan fingerprint density at radius 1 is 1.15 bits per heavy atom. The van der Waals surface area contributed by atoms with Crippen molar-refractivity contribution in [1.29, 1.82) is 0 Å². The minimum atomic E-state index is 0.482. The maximum atomic E-state index is 5.97. The largest absolute Gasteiger partial charge is 0.492 e. The average Bonchev–Trinajstić information content (AvgIpc) is 2.47. The van der Waals surface area contributed by atoms with Crippen LogP contribution < -0.4 is 10.1 Å². The van der Waals surface area contributed by atoms with E-state index in [1.807, 2.05) is 30.3 Å². The topological polar surface area (TPSA) is 21.3 Å². The number of likely N-dealkylation sites (N-methyl/N-ethyl adjacent to an activating group) is 1. The van der Waals surface area contributed by atoms with Crippen LogP contribution in [0.4, 0.5) is 0 Å². The van der Waals surface area contributed by atoms with Gasteiger partial charge in [-0.3, -0.25) is 0 Å². The molecule has 0 amide bonds. The van der Waals surface area contributed by atoms with Gasteiger partial charge in [0.05, 0.1) is 0 Å². The number of hydrogen-bond acceptors (Lipinski definition) is 2. The molecule has 0 radical (unpaired) electrons. The van der Waals surface area contributed by atoms with E-state index in [2.05, 4.69) is 26.1 Å².